The minimum Gasteiger partial charge on any atom is -0.339 e. The van der Waals surface area contributed by atoms with Crippen molar-refractivity contribution < 1.29 is 14.0 Å². The number of thioether (sulfide) groups is 1. The van der Waals surface area contributed by atoms with Gasteiger partial charge in [0.1, 0.15) is 5.82 Å². The lowest BCUT2D eigenvalue weighted by molar-refractivity contribution is -0.137. The smallest absolute Gasteiger partial charge is 0.233 e. The van der Waals surface area contributed by atoms with E-state index in [0.29, 0.717) is 31.9 Å². The van der Waals surface area contributed by atoms with Gasteiger partial charge in [-0.05, 0) is 36.2 Å². The molecule has 0 unspecified atom stereocenters. The zero-order valence-electron chi connectivity index (χ0n) is 15.4. The van der Waals surface area contributed by atoms with Crippen molar-refractivity contribution in [3.05, 3.63) is 65.5 Å². The molecule has 0 bridgehead atoms. The van der Waals surface area contributed by atoms with Crippen molar-refractivity contribution in [3.8, 4) is 0 Å². The van der Waals surface area contributed by atoms with Gasteiger partial charge in [0.25, 0.3) is 0 Å². The van der Waals surface area contributed by atoms with E-state index in [0.717, 1.165) is 10.5 Å². The first-order valence-corrected chi connectivity index (χ1v) is 10.00. The van der Waals surface area contributed by atoms with Crippen LogP contribution in [0.15, 0.2) is 53.4 Å². The van der Waals surface area contributed by atoms with Crippen molar-refractivity contribution in [1.29, 1.82) is 0 Å². The minimum atomic E-state index is -0.304. The molecule has 1 aliphatic rings. The average molecular weight is 386 g/mol. The molecule has 0 atom stereocenters. The van der Waals surface area contributed by atoms with E-state index < -0.39 is 0 Å². The van der Waals surface area contributed by atoms with Crippen LogP contribution < -0.4 is 0 Å². The highest BCUT2D eigenvalue weighted by molar-refractivity contribution is 8.00. The van der Waals surface area contributed by atoms with Crippen LogP contribution in [0.2, 0.25) is 0 Å². The number of halogens is 1. The largest absolute Gasteiger partial charge is 0.339 e. The first kappa shape index (κ1) is 19.4. The van der Waals surface area contributed by atoms with Crippen LogP contribution in [0.25, 0.3) is 0 Å². The Bertz CT molecular complexity index is 802. The molecule has 0 aliphatic carbocycles. The van der Waals surface area contributed by atoms with E-state index in [4.69, 9.17) is 0 Å². The number of carbonyl (C=O) groups excluding carboxylic acids is 2. The Morgan fingerprint density at radius 1 is 0.926 bits per heavy atom. The SMILES string of the molecule is Cc1ccccc1SCC(=O)N1CCN(C(=O)Cc2ccc(F)cc2)CC1. The fourth-order valence-corrected chi connectivity index (χ4v) is 3.98. The standard InChI is InChI=1S/C21H23FN2O2S/c1-16-4-2-3-5-19(16)27-15-21(26)24-12-10-23(11-13-24)20(25)14-17-6-8-18(22)9-7-17/h2-9H,10-15H2,1H3. The quantitative estimate of drug-likeness (QED) is 0.742. The number of hydrogen-bond acceptors (Lipinski definition) is 3. The first-order valence-electron chi connectivity index (χ1n) is 9.01. The van der Waals surface area contributed by atoms with Crippen molar-refractivity contribution in [2.45, 2.75) is 18.2 Å². The lowest BCUT2D eigenvalue weighted by Gasteiger charge is -2.35. The number of nitrogens with zero attached hydrogens (tertiary/aromatic N) is 2. The van der Waals surface area contributed by atoms with Crippen molar-refractivity contribution in [1.82, 2.24) is 9.80 Å². The zero-order valence-corrected chi connectivity index (χ0v) is 16.2. The Kier molecular flexibility index (Phi) is 6.50. The maximum Gasteiger partial charge on any atom is 0.233 e. The van der Waals surface area contributed by atoms with E-state index in [-0.39, 0.29) is 24.1 Å². The van der Waals surface area contributed by atoms with Gasteiger partial charge in [0.15, 0.2) is 0 Å². The summed E-state index contributed by atoms with van der Waals surface area (Å²) in [7, 11) is 0. The molecule has 0 N–H and O–H groups in total. The van der Waals surface area contributed by atoms with Gasteiger partial charge >= 0.3 is 0 Å². The number of aryl methyl sites for hydroxylation is 1. The molecule has 0 aromatic heterocycles. The predicted molar refractivity (Wildman–Crippen MR) is 105 cm³/mol. The van der Waals surface area contributed by atoms with E-state index in [1.165, 1.54) is 17.7 Å². The highest BCUT2D eigenvalue weighted by Crippen LogP contribution is 2.22. The van der Waals surface area contributed by atoms with Crippen LogP contribution in [0, 0.1) is 12.7 Å². The summed E-state index contributed by atoms with van der Waals surface area (Å²) < 4.78 is 13.0. The fourth-order valence-electron chi connectivity index (χ4n) is 3.04. The van der Waals surface area contributed by atoms with Gasteiger partial charge in [-0.15, -0.1) is 11.8 Å². The van der Waals surface area contributed by atoms with Gasteiger partial charge in [-0.25, -0.2) is 4.39 Å². The Labute approximate surface area is 163 Å². The highest BCUT2D eigenvalue weighted by Gasteiger charge is 2.24. The number of rotatable bonds is 5. The number of carbonyl (C=O) groups is 2. The van der Waals surface area contributed by atoms with E-state index in [1.807, 2.05) is 36.1 Å². The van der Waals surface area contributed by atoms with Gasteiger partial charge in [0.05, 0.1) is 12.2 Å². The van der Waals surface area contributed by atoms with Crippen LogP contribution in [0.1, 0.15) is 11.1 Å². The van der Waals surface area contributed by atoms with E-state index in [2.05, 4.69) is 0 Å². The van der Waals surface area contributed by atoms with Crippen LogP contribution in [0.3, 0.4) is 0 Å². The number of benzene rings is 2. The summed E-state index contributed by atoms with van der Waals surface area (Å²) in [6, 6.07) is 14.0. The average Bonchev–Trinajstić information content (AvgIpc) is 2.69. The van der Waals surface area contributed by atoms with Gasteiger partial charge < -0.3 is 9.80 Å². The molecule has 2 aromatic rings. The van der Waals surface area contributed by atoms with Crippen molar-refractivity contribution in [2.75, 3.05) is 31.9 Å². The molecule has 0 radical (unpaired) electrons. The summed E-state index contributed by atoms with van der Waals surface area (Å²) in [6.45, 7) is 4.24. The molecule has 4 nitrogen and oxygen atoms in total. The minimum absolute atomic E-state index is 0.0167. The van der Waals surface area contributed by atoms with Crippen molar-refractivity contribution in [2.24, 2.45) is 0 Å². The van der Waals surface area contributed by atoms with E-state index in [1.54, 1.807) is 28.8 Å². The van der Waals surface area contributed by atoms with Crippen molar-refractivity contribution >= 4 is 23.6 Å². The molecule has 6 heteroatoms. The second kappa shape index (κ2) is 9.04. The molecule has 0 spiro atoms. The third-order valence-electron chi connectivity index (χ3n) is 4.70. The second-order valence-corrected chi connectivity index (χ2v) is 7.64. The molecule has 2 amide bonds. The maximum atomic E-state index is 13.0. The Balaban J connectivity index is 1.45. The van der Waals surface area contributed by atoms with Crippen molar-refractivity contribution in [3.63, 3.8) is 0 Å². The second-order valence-electron chi connectivity index (χ2n) is 6.62. The first-order chi connectivity index (χ1) is 13.0. The zero-order chi connectivity index (χ0) is 19.2. The van der Waals surface area contributed by atoms with Gasteiger partial charge in [0, 0.05) is 31.1 Å². The van der Waals surface area contributed by atoms with Gasteiger partial charge in [-0.2, -0.15) is 0 Å². The monoisotopic (exact) mass is 386 g/mol. The molecule has 27 heavy (non-hydrogen) atoms. The number of amides is 2. The predicted octanol–water partition coefficient (Wildman–Crippen LogP) is 3.14. The van der Waals surface area contributed by atoms with Crippen LogP contribution in [0.5, 0.6) is 0 Å². The van der Waals surface area contributed by atoms with Gasteiger partial charge in [0.2, 0.25) is 11.8 Å². The normalized spacial score (nSPS) is 14.3. The Morgan fingerprint density at radius 3 is 2.15 bits per heavy atom. The fraction of sp³-hybridized carbons (Fsp3) is 0.333. The lowest BCUT2D eigenvalue weighted by atomic mass is 10.1. The highest BCUT2D eigenvalue weighted by atomic mass is 32.2. The van der Waals surface area contributed by atoms with Crippen LogP contribution in [-0.4, -0.2) is 53.5 Å². The third-order valence-corrected chi connectivity index (χ3v) is 5.86. The Morgan fingerprint density at radius 2 is 1.52 bits per heavy atom. The number of piperazine rings is 1. The topological polar surface area (TPSA) is 40.6 Å². The van der Waals surface area contributed by atoms with Gasteiger partial charge in [-0.3, -0.25) is 9.59 Å². The lowest BCUT2D eigenvalue weighted by Crippen LogP contribution is -2.51. The molecule has 3 rings (SSSR count). The Hall–Kier alpha value is -2.34. The number of hydrogen-bond donors (Lipinski definition) is 0. The van der Waals surface area contributed by atoms with Crippen LogP contribution in [-0.2, 0) is 16.0 Å². The molecule has 1 fully saturated rings. The van der Waals surface area contributed by atoms with Gasteiger partial charge in [-0.1, -0.05) is 30.3 Å². The van der Waals surface area contributed by atoms with Crippen LogP contribution in [0.4, 0.5) is 4.39 Å². The summed E-state index contributed by atoms with van der Waals surface area (Å²) in [6.07, 6.45) is 0.261. The van der Waals surface area contributed by atoms with E-state index in [9.17, 15) is 14.0 Å². The molecule has 0 saturated carbocycles. The molecular formula is C21H23FN2O2S. The summed E-state index contributed by atoms with van der Waals surface area (Å²) in [5, 5.41) is 0. The third kappa shape index (κ3) is 5.32. The molecule has 1 aliphatic heterocycles. The molecule has 1 saturated heterocycles. The summed E-state index contributed by atoms with van der Waals surface area (Å²) in [5.41, 5.74) is 1.97. The summed E-state index contributed by atoms with van der Waals surface area (Å²) in [4.78, 5) is 29.6. The molecular weight excluding hydrogens is 363 g/mol. The maximum absolute atomic E-state index is 13.0. The van der Waals surface area contributed by atoms with Crippen LogP contribution >= 0.6 is 11.8 Å². The molecule has 1 heterocycles. The molecule has 142 valence electrons. The van der Waals surface area contributed by atoms with E-state index >= 15 is 0 Å². The molecule has 2 aromatic carbocycles. The summed E-state index contributed by atoms with van der Waals surface area (Å²) in [5.74, 6) is 0.229. The summed E-state index contributed by atoms with van der Waals surface area (Å²) >= 11 is 1.56.